The fraction of sp³-hybridized carbons (Fsp3) is 0.579. The molecular weight excluding hydrogens is 359 g/mol. The summed E-state index contributed by atoms with van der Waals surface area (Å²) in [5.74, 6) is -0.499. The van der Waals surface area contributed by atoms with Crippen molar-refractivity contribution in [3.05, 3.63) is 35.4 Å². The average Bonchev–Trinajstić information content (AvgIpc) is 2.58. The van der Waals surface area contributed by atoms with Crippen LogP contribution in [-0.2, 0) is 11.0 Å². The molecule has 0 unspecified atom stereocenters. The molecule has 1 aliphatic heterocycles. The molecular formula is C19H26F3N3O2. The van der Waals surface area contributed by atoms with Crippen LogP contribution < -0.4 is 5.73 Å². The molecule has 27 heavy (non-hydrogen) atoms. The van der Waals surface area contributed by atoms with E-state index in [-0.39, 0.29) is 23.3 Å². The number of amides is 2. The van der Waals surface area contributed by atoms with E-state index in [0.717, 1.165) is 12.1 Å². The Morgan fingerprint density at radius 3 is 2.11 bits per heavy atom. The molecule has 1 fully saturated rings. The van der Waals surface area contributed by atoms with E-state index < -0.39 is 23.3 Å². The van der Waals surface area contributed by atoms with Gasteiger partial charge < -0.3 is 15.5 Å². The normalized spacial score (nSPS) is 18.6. The topological polar surface area (TPSA) is 66.6 Å². The van der Waals surface area contributed by atoms with Crippen LogP contribution in [0.3, 0.4) is 0 Å². The summed E-state index contributed by atoms with van der Waals surface area (Å²) in [5.41, 5.74) is 4.68. The number of rotatable bonds is 3. The quantitative estimate of drug-likeness (QED) is 0.870. The highest BCUT2D eigenvalue weighted by Gasteiger charge is 2.40. The predicted molar refractivity (Wildman–Crippen MR) is 96.0 cm³/mol. The zero-order chi connectivity index (χ0) is 20.6. The molecule has 1 aromatic rings. The van der Waals surface area contributed by atoms with Crippen molar-refractivity contribution in [3.8, 4) is 0 Å². The van der Waals surface area contributed by atoms with Gasteiger partial charge >= 0.3 is 6.18 Å². The summed E-state index contributed by atoms with van der Waals surface area (Å²) in [6, 6.07) is 3.59. The largest absolute Gasteiger partial charge is 0.416 e. The molecule has 1 heterocycles. The molecule has 1 atom stereocenters. The molecule has 5 nitrogen and oxygen atoms in total. The van der Waals surface area contributed by atoms with Gasteiger partial charge in [-0.15, -0.1) is 0 Å². The van der Waals surface area contributed by atoms with Crippen LogP contribution in [-0.4, -0.2) is 52.8 Å². The Labute approximate surface area is 157 Å². The van der Waals surface area contributed by atoms with Crippen LogP contribution in [0, 0.1) is 5.92 Å². The number of nitrogens with two attached hydrogens (primary N) is 1. The summed E-state index contributed by atoms with van der Waals surface area (Å²) < 4.78 is 38.1. The average molecular weight is 385 g/mol. The summed E-state index contributed by atoms with van der Waals surface area (Å²) >= 11 is 0. The Morgan fingerprint density at radius 2 is 1.67 bits per heavy atom. The van der Waals surface area contributed by atoms with Crippen molar-refractivity contribution in [1.82, 2.24) is 9.80 Å². The summed E-state index contributed by atoms with van der Waals surface area (Å²) in [6.45, 7) is 8.36. The molecule has 0 bridgehead atoms. The molecule has 0 radical (unpaired) electrons. The maximum Gasteiger partial charge on any atom is 0.416 e. The lowest BCUT2D eigenvalue weighted by Gasteiger charge is -2.47. The van der Waals surface area contributed by atoms with Crippen molar-refractivity contribution < 1.29 is 22.8 Å². The van der Waals surface area contributed by atoms with Crippen LogP contribution in [0.2, 0.25) is 0 Å². The molecule has 0 aliphatic carbocycles. The van der Waals surface area contributed by atoms with E-state index in [4.69, 9.17) is 5.73 Å². The van der Waals surface area contributed by atoms with Crippen molar-refractivity contribution >= 4 is 11.8 Å². The summed E-state index contributed by atoms with van der Waals surface area (Å²) in [7, 11) is 0. The van der Waals surface area contributed by atoms with Crippen LogP contribution in [0.15, 0.2) is 24.3 Å². The first-order valence-corrected chi connectivity index (χ1v) is 8.88. The number of halogens is 3. The van der Waals surface area contributed by atoms with E-state index in [1.807, 2.05) is 27.7 Å². The van der Waals surface area contributed by atoms with Gasteiger partial charge in [0.1, 0.15) is 0 Å². The highest BCUT2D eigenvalue weighted by atomic mass is 19.4. The lowest BCUT2D eigenvalue weighted by molar-refractivity contribution is -0.138. The number of benzene rings is 1. The molecule has 2 N–H and O–H groups in total. The lowest BCUT2D eigenvalue weighted by atomic mass is 9.95. The molecule has 0 spiro atoms. The van der Waals surface area contributed by atoms with E-state index >= 15 is 0 Å². The van der Waals surface area contributed by atoms with E-state index in [0.29, 0.717) is 19.6 Å². The van der Waals surface area contributed by atoms with Crippen molar-refractivity contribution in [1.29, 1.82) is 0 Å². The Morgan fingerprint density at radius 1 is 1.11 bits per heavy atom. The number of carbonyl (C=O) groups is 2. The number of alkyl halides is 3. The molecule has 1 aromatic carbocycles. The number of hydrogen-bond donors (Lipinski definition) is 1. The summed E-state index contributed by atoms with van der Waals surface area (Å²) in [6.07, 6.45) is -4.44. The third-order valence-corrected chi connectivity index (χ3v) is 4.92. The zero-order valence-electron chi connectivity index (χ0n) is 16.0. The van der Waals surface area contributed by atoms with Crippen molar-refractivity contribution in [2.75, 3.05) is 19.6 Å². The molecule has 2 rings (SSSR count). The van der Waals surface area contributed by atoms with Crippen LogP contribution >= 0.6 is 0 Å². The van der Waals surface area contributed by atoms with E-state index in [2.05, 4.69) is 0 Å². The number of hydrogen-bond acceptors (Lipinski definition) is 3. The van der Waals surface area contributed by atoms with Gasteiger partial charge in [0.15, 0.2) is 0 Å². The molecule has 150 valence electrons. The number of piperazine rings is 1. The van der Waals surface area contributed by atoms with E-state index in [1.54, 1.807) is 9.80 Å². The van der Waals surface area contributed by atoms with Crippen LogP contribution in [0.25, 0.3) is 0 Å². The monoisotopic (exact) mass is 385 g/mol. The van der Waals surface area contributed by atoms with Gasteiger partial charge in [-0.3, -0.25) is 9.59 Å². The fourth-order valence-electron chi connectivity index (χ4n) is 3.17. The van der Waals surface area contributed by atoms with Gasteiger partial charge in [0.05, 0.1) is 17.1 Å². The Kier molecular flexibility index (Phi) is 5.89. The highest BCUT2D eigenvalue weighted by Crippen LogP contribution is 2.30. The van der Waals surface area contributed by atoms with E-state index in [1.165, 1.54) is 12.1 Å². The minimum absolute atomic E-state index is 0.00687. The zero-order valence-corrected chi connectivity index (χ0v) is 16.0. The summed E-state index contributed by atoms with van der Waals surface area (Å²) in [5, 5.41) is 0. The third-order valence-electron chi connectivity index (χ3n) is 4.92. The first-order chi connectivity index (χ1) is 12.3. The fourth-order valence-corrected chi connectivity index (χ4v) is 3.17. The second-order valence-electron chi connectivity index (χ2n) is 7.87. The van der Waals surface area contributed by atoms with Crippen LogP contribution in [0.1, 0.15) is 43.6 Å². The molecule has 0 saturated carbocycles. The molecule has 0 aromatic heterocycles. The Balaban J connectivity index is 2.14. The van der Waals surface area contributed by atoms with Crippen molar-refractivity contribution in [2.45, 2.75) is 45.5 Å². The molecule has 1 aliphatic rings. The standard InChI is InChI=1S/C19H26F3N3O2/c1-12(2)15(23)17(27)24-9-10-25(18(3,4)11-24)16(26)13-5-7-14(8-6-13)19(20,21)22/h5-8,12,15H,9-11,23H2,1-4H3/t15-/m0/s1. The number of carbonyl (C=O) groups excluding carboxylic acids is 2. The molecule has 1 saturated heterocycles. The van der Waals surface area contributed by atoms with Gasteiger partial charge in [-0.25, -0.2) is 0 Å². The highest BCUT2D eigenvalue weighted by molar-refractivity contribution is 5.95. The SMILES string of the molecule is CC(C)[C@H](N)C(=O)N1CCN(C(=O)c2ccc(C(F)(F)F)cc2)C(C)(C)C1. The first-order valence-electron chi connectivity index (χ1n) is 8.88. The van der Waals surface area contributed by atoms with Gasteiger partial charge in [-0.1, -0.05) is 13.8 Å². The van der Waals surface area contributed by atoms with Crippen LogP contribution in [0.5, 0.6) is 0 Å². The third kappa shape index (κ3) is 4.61. The second-order valence-corrected chi connectivity index (χ2v) is 7.87. The second kappa shape index (κ2) is 7.50. The minimum atomic E-state index is -4.44. The van der Waals surface area contributed by atoms with E-state index in [9.17, 15) is 22.8 Å². The van der Waals surface area contributed by atoms with Gasteiger partial charge in [-0.2, -0.15) is 13.2 Å². The molecule has 8 heteroatoms. The van der Waals surface area contributed by atoms with Gasteiger partial charge in [-0.05, 0) is 44.0 Å². The van der Waals surface area contributed by atoms with Gasteiger partial charge in [0.2, 0.25) is 5.91 Å². The van der Waals surface area contributed by atoms with Crippen molar-refractivity contribution in [3.63, 3.8) is 0 Å². The minimum Gasteiger partial charge on any atom is -0.337 e. The predicted octanol–water partition coefficient (Wildman–Crippen LogP) is 2.75. The Bertz CT molecular complexity index is 699. The molecule has 2 amide bonds. The van der Waals surface area contributed by atoms with Crippen LogP contribution in [0.4, 0.5) is 13.2 Å². The first kappa shape index (κ1) is 21.2. The van der Waals surface area contributed by atoms with Gasteiger partial charge in [0.25, 0.3) is 5.91 Å². The number of nitrogens with zero attached hydrogens (tertiary/aromatic N) is 2. The maximum atomic E-state index is 12.8. The van der Waals surface area contributed by atoms with Gasteiger partial charge in [0, 0.05) is 25.2 Å². The lowest BCUT2D eigenvalue weighted by Crippen LogP contribution is -2.64. The van der Waals surface area contributed by atoms with Crippen molar-refractivity contribution in [2.24, 2.45) is 11.7 Å². The maximum absolute atomic E-state index is 12.8. The Hall–Kier alpha value is -2.09. The smallest absolute Gasteiger partial charge is 0.337 e. The summed E-state index contributed by atoms with van der Waals surface area (Å²) in [4.78, 5) is 28.6.